The normalized spacial score (nSPS) is 31.1. The van der Waals surface area contributed by atoms with E-state index in [1.54, 1.807) is 0 Å². The van der Waals surface area contributed by atoms with Crippen LogP contribution in [0.3, 0.4) is 0 Å². The van der Waals surface area contributed by atoms with Crippen LogP contribution in [0.2, 0.25) is 5.02 Å². The molecule has 0 saturated heterocycles. The number of hydrogen-bond donors (Lipinski definition) is 0. The highest BCUT2D eigenvalue weighted by Gasteiger charge is 2.30. The molecule has 1 aromatic carbocycles. The summed E-state index contributed by atoms with van der Waals surface area (Å²) in [6.07, 6.45) is 17.5. The van der Waals surface area contributed by atoms with E-state index in [9.17, 15) is 0 Å². The second-order valence-electron chi connectivity index (χ2n) is 8.52. The summed E-state index contributed by atoms with van der Waals surface area (Å²) in [5.41, 5.74) is 1.45. The van der Waals surface area contributed by atoms with Crippen molar-refractivity contribution in [2.45, 2.75) is 84.0 Å². The first-order valence-electron chi connectivity index (χ1n) is 10.5. The fourth-order valence-corrected chi connectivity index (χ4v) is 5.45. The highest BCUT2D eigenvalue weighted by Crippen LogP contribution is 2.42. The summed E-state index contributed by atoms with van der Waals surface area (Å²) in [4.78, 5) is 0. The van der Waals surface area contributed by atoms with Crippen LogP contribution < -0.4 is 0 Å². The molecule has 0 unspecified atom stereocenters. The van der Waals surface area contributed by atoms with Crippen LogP contribution in [0, 0.1) is 23.7 Å². The van der Waals surface area contributed by atoms with Crippen LogP contribution in [0.5, 0.6) is 0 Å². The van der Waals surface area contributed by atoms with E-state index < -0.39 is 0 Å². The lowest BCUT2D eigenvalue weighted by molar-refractivity contribution is 0.141. The largest absolute Gasteiger partial charge is 0.0843 e. The Bertz CT molecular complexity index is 461. The van der Waals surface area contributed by atoms with Gasteiger partial charge in [-0.3, -0.25) is 0 Å². The molecule has 2 saturated carbocycles. The number of hydrogen-bond acceptors (Lipinski definition) is 0. The van der Waals surface area contributed by atoms with Gasteiger partial charge in [-0.05, 0) is 79.9 Å². The van der Waals surface area contributed by atoms with E-state index in [4.69, 9.17) is 11.6 Å². The smallest absolute Gasteiger partial charge is 0.0406 e. The lowest BCUT2D eigenvalue weighted by atomic mass is 9.68. The van der Waals surface area contributed by atoms with E-state index in [0.717, 1.165) is 28.7 Å². The Hall–Kier alpha value is -0.490. The Kier molecular flexibility index (Phi) is 7.07. The molecule has 0 spiro atoms. The van der Waals surface area contributed by atoms with Gasteiger partial charge in [0.2, 0.25) is 0 Å². The van der Waals surface area contributed by atoms with Gasteiger partial charge in [0.1, 0.15) is 0 Å². The molecule has 0 aliphatic heterocycles. The van der Waals surface area contributed by atoms with Crippen molar-refractivity contribution in [2.75, 3.05) is 0 Å². The van der Waals surface area contributed by atoms with Crippen molar-refractivity contribution in [3.63, 3.8) is 0 Å². The molecule has 24 heavy (non-hydrogen) atoms. The summed E-state index contributed by atoms with van der Waals surface area (Å²) in [6.45, 7) is 2.34. The second kappa shape index (κ2) is 9.27. The number of benzene rings is 1. The molecular weight excluding hydrogens is 312 g/mol. The van der Waals surface area contributed by atoms with Gasteiger partial charge in [0, 0.05) is 5.02 Å². The van der Waals surface area contributed by atoms with E-state index in [2.05, 4.69) is 19.1 Å². The van der Waals surface area contributed by atoms with Crippen molar-refractivity contribution in [3.8, 4) is 0 Å². The van der Waals surface area contributed by atoms with Gasteiger partial charge in [0.25, 0.3) is 0 Å². The maximum Gasteiger partial charge on any atom is 0.0406 e. The molecule has 1 aromatic rings. The first-order chi connectivity index (χ1) is 11.7. The third-order valence-electron chi connectivity index (χ3n) is 6.90. The summed E-state index contributed by atoms with van der Waals surface area (Å²) in [5.74, 6) is 4.14. The average molecular weight is 347 g/mol. The van der Waals surface area contributed by atoms with Crippen LogP contribution in [0.15, 0.2) is 24.3 Å². The van der Waals surface area contributed by atoms with Crippen molar-refractivity contribution in [1.82, 2.24) is 0 Å². The fourth-order valence-electron chi connectivity index (χ4n) is 5.33. The van der Waals surface area contributed by atoms with Crippen molar-refractivity contribution in [2.24, 2.45) is 23.7 Å². The third-order valence-corrected chi connectivity index (χ3v) is 7.15. The quantitative estimate of drug-likeness (QED) is 0.495. The molecule has 0 amide bonds. The van der Waals surface area contributed by atoms with Crippen LogP contribution in [-0.2, 0) is 6.42 Å². The van der Waals surface area contributed by atoms with Crippen LogP contribution in [-0.4, -0.2) is 0 Å². The maximum absolute atomic E-state index is 5.98. The van der Waals surface area contributed by atoms with E-state index in [1.807, 2.05) is 12.1 Å². The van der Waals surface area contributed by atoms with E-state index in [-0.39, 0.29) is 0 Å². The van der Waals surface area contributed by atoms with Crippen LogP contribution in [0.25, 0.3) is 0 Å². The SMILES string of the molecule is CCCC1CCC(C2CCC(CCc3ccc(Cl)cc3)CC2)CC1. The number of rotatable bonds is 6. The van der Waals surface area contributed by atoms with E-state index in [0.29, 0.717) is 0 Å². The maximum atomic E-state index is 5.98. The highest BCUT2D eigenvalue weighted by atomic mass is 35.5. The average Bonchev–Trinajstić information content (AvgIpc) is 2.63. The van der Waals surface area contributed by atoms with Gasteiger partial charge >= 0.3 is 0 Å². The van der Waals surface area contributed by atoms with Gasteiger partial charge in [-0.15, -0.1) is 0 Å². The number of halogens is 1. The van der Waals surface area contributed by atoms with Crippen molar-refractivity contribution < 1.29 is 0 Å². The minimum absolute atomic E-state index is 0.855. The Morgan fingerprint density at radius 1 is 0.750 bits per heavy atom. The molecule has 2 aliphatic rings. The minimum Gasteiger partial charge on any atom is -0.0843 e. The predicted octanol–water partition coefficient (Wildman–Crippen LogP) is 7.69. The van der Waals surface area contributed by atoms with Crippen molar-refractivity contribution >= 4 is 11.6 Å². The Labute approximate surface area is 154 Å². The Balaban J connectivity index is 1.36. The zero-order valence-corrected chi connectivity index (χ0v) is 16.2. The minimum atomic E-state index is 0.855. The molecule has 3 rings (SSSR count). The topological polar surface area (TPSA) is 0 Å². The Morgan fingerprint density at radius 2 is 1.25 bits per heavy atom. The first kappa shape index (κ1) is 18.3. The molecule has 0 N–H and O–H groups in total. The Morgan fingerprint density at radius 3 is 1.75 bits per heavy atom. The summed E-state index contributed by atoms with van der Waals surface area (Å²) >= 11 is 5.98. The van der Waals surface area contributed by atoms with Crippen molar-refractivity contribution in [3.05, 3.63) is 34.9 Å². The predicted molar refractivity (Wildman–Crippen MR) is 106 cm³/mol. The van der Waals surface area contributed by atoms with Gasteiger partial charge in [-0.25, -0.2) is 0 Å². The van der Waals surface area contributed by atoms with Gasteiger partial charge in [0.15, 0.2) is 0 Å². The van der Waals surface area contributed by atoms with Gasteiger partial charge in [0.05, 0.1) is 0 Å². The standard InChI is InChI=1S/C23H35Cl/c1-2-3-18-6-12-21(13-7-18)22-14-8-19(9-15-22)4-5-20-10-16-23(24)17-11-20/h10-11,16-19,21-22H,2-9,12-15H2,1H3. The van der Waals surface area contributed by atoms with E-state index >= 15 is 0 Å². The van der Waals surface area contributed by atoms with Crippen LogP contribution in [0.1, 0.15) is 83.1 Å². The van der Waals surface area contributed by atoms with Crippen LogP contribution in [0.4, 0.5) is 0 Å². The summed E-state index contributed by atoms with van der Waals surface area (Å²) in [7, 11) is 0. The van der Waals surface area contributed by atoms with Gasteiger partial charge in [-0.1, -0.05) is 69.2 Å². The molecule has 2 aliphatic carbocycles. The molecule has 2 fully saturated rings. The molecule has 0 atom stereocenters. The van der Waals surface area contributed by atoms with Crippen molar-refractivity contribution in [1.29, 1.82) is 0 Å². The summed E-state index contributed by atoms with van der Waals surface area (Å²) in [5, 5.41) is 0.855. The molecule has 0 nitrogen and oxygen atoms in total. The zero-order valence-electron chi connectivity index (χ0n) is 15.5. The monoisotopic (exact) mass is 346 g/mol. The molecule has 0 heterocycles. The van der Waals surface area contributed by atoms with E-state index in [1.165, 1.54) is 82.6 Å². The first-order valence-corrected chi connectivity index (χ1v) is 10.9. The van der Waals surface area contributed by atoms with Gasteiger partial charge < -0.3 is 0 Å². The molecule has 0 aromatic heterocycles. The second-order valence-corrected chi connectivity index (χ2v) is 8.95. The molecule has 134 valence electrons. The molecule has 0 bridgehead atoms. The molecular formula is C23H35Cl. The number of aryl methyl sites for hydroxylation is 1. The molecule has 1 heteroatoms. The highest BCUT2D eigenvalue weighted by molar-refractivity contribution is 6.30. The van der Waals surface area contributed by atoms with Gasteiger partial charge in [-0.2, -0.15) is 0 Å². The summed E-state index contributed by atoms with van der Waals surface area (Å²) < 4.78 is 0. The fraction of sp³-hybridized carbons (Fsp3) is 0.739. The van der Waals surface area contributed by atoms with Crippen LogP contribution >= 0.6 is 11.6 Å². The summed E-state index contributed by atoms with van der Waals surface area (Å²) in [6, 6.07) is 8.46. The molecule has 0 radical (unpaired) electrons. The zero-order chi connectivity index (χ0) is 16.8. The third kappa shape index (κ3) is 5.25. The lowest BCUT2D eigenvalue weighted by Crippen LogP contribution is -2.26. The lowest BCUT2D eigenvalue weighted by Gasteiger charge is -2.38.